The van der Waals surface area contributed by atoms with E-state index in [1.54, 1.807) is 0 Å². The standard InChI is InChI=1S/C19H28N4/c1-5-13-23(14-6-2)18-11-12-20-19(22-18)21-17-10-8-7-9-16(17)15(3)4/h7-12,15H,5-6,13-14H2,1-4H3,(H,20,21,22). The molecule has 4 nitrogen and oxygen atoms in total. The van der Waals surface area contributed by atoms with Gasteiger partial charge in [-0.15, -0.1) is 0 Å². The van der Waals surface area contributed by atoms with Gasteiger partial charge in [0.15, 0.2) is 0 Å². The van der Waals surface area contributed by atoms with Gasteiger partial charge in [-0.3, -0.25) is 0 Å². The summed E-state index contributed by atoms with van der Waals surface area (Å²) in [7, 11) is 0. The third-order valence-electron chi connectivity index (χ3n) is 3.78. The highest BCUT2D eigenvalue weighted by Crippen LogP contribution is 2.26. The number of hydrogen-bond donors (Lipinski definition) is 1. The van der Waals surface area contributed by atoms with Crippen LogP contribution in [0, 0.1) is 0 Å². The monoisotopic (exact) mass is 312 g/mol. The Balaban J connectivity index is 2.23. The molecule has 1 heterocycles. The molecule has 0 amide bonds. The van der Waals surface area contributed by atoms with Gasteiger partial charge in [-0.25, -0.2) is 4.98 Å². The van der Waals surface area contributed by atoms with Crippen LogP contribution in [0.5, 0.6) is 0 Å². The largest absolute Gasteiger partial charge is 0.356 e. The molecule has 0 aliphatic rings. The second kappa shape index (κ2) is 8.51. The first-order valence-electron chi connectivity index (χ1n) is 8.59. The summed E-state index contributed by atoms with van der Waals surface area (Å²) in [5.41, 5.74) is 2.36. The van der Waals surface area contributed by atoms with E-state index in [1.165, 1.54) is 5.56 Å². The van der Waals surface area contributed by atoms with Gasteiger partial charge in [-0.05, 0) is 36.5 Å². The Labute approximate surface area is 140 Å². The van der Waals surface area contributed by atoms with Gasteiger partial charge in [0.25, 0.3) is 0 Å². The van der Waals surface area contributed by atoms with Gasteiger partial charge in [0.05, 0.1) is 0 Å². The van der Waals surface area contributed by atoms with Gasteiger partial charge in [0.1, 0.15) is 5.82 Å². The van der Waals surface area contributed by atoms with Crippen molar-refractivity contribution in [2.24, 2.45) is 0 Å². The third-order valence-corrected chi connectivity index (χ3v) is 3.78. The van der Waals surface area contributed by atoms with Gasteiger partial charge in [-0.1, -0.05) is 45.9 Å². The first kappa shape index (κ1) is 17.3. The maximum absolute atomic E-state index is 4.71. The molecule has 4 heteroatoms. The highest BCUT2D eigenvalue weighted by atomic mass is 15.2. The smallest absolute Gasteiger partial charge is 0.229 e. The summed E-state index contributed by atoms with van der Waals surface area (Å²) >= 11 is 0. The second-order valence-corrected chi connectivity index (χ2v) is 6.09. The fraction of sp³-hybridized carbons (Fsp3) is 0.474. The zero-order valence-corrected chi connectivity index (χ0v) is 14.7. The van der Waals surface area contributed by atoms with Crippen LogP contribution in [0.25, 0.3) is 0 Å². The van der Waals surface area contributed by atoms with Crippen molar-refractivity contribution in [2.45, 2.75) is 46.5 Å². The normalized spacial score (nSPS) is 10.8. The van der Waals surface area contributed by atoms with Crippen molar-refractivity contribution in [3.63, 3.8) is 0 Å². The summed E-state index contributed by atoms with van der Waals surface area (Å²) in [6.07, 6.45) is 4.06. The summed E-state index contributed by atoms with van der Waals surface area (Å²) in [6, 6.07) is 10.3. The molecule has 0 saturated heterocycles. The van der Waals surface area contributed by atoms with Crippen LogP contribution in [-0.2, 0) is 0 Å². The van der Waals surface area contributed by atoms with Gasteiger partial charge < -0.3 is 10.2 Å². The molecule has 0 saturated carbocycles. The van der Waals surface area contributed by atoms with Crippen LogP contribution in [0.2, 0.25) is 0 Å². The molecule has 0 fully saturated rings. The van der Waals surface area contributed by atoms with Crippen LogP contribution in [0.3, 0.4) is 0 Å². The Hall–Kier alpha value is -2.10. The fourth-order valence-corrected chi connectivity index (χ4v) is 2.70. The van der Waals surface area contributed by atoms with E-state index >= 15 is 0 Å². The molecular weight excluding hydrogens is 284 g/mol. The predicted octanol–water partition coefficient (Wildman–Crippen LogP) is 4.97. The molecule has 0 unspecified atom stereocenters. The highest BCUT2D eigenvalue weighted by Gasteiger charge is 2.10. The average molecular weight is 312 g/mol. The number of hydrogen-bond acceptors (Lipinski definition) is 4. The zero-order valence-electron chi connectivity index (χ0n) is 14.7. The molecule has 1 aromatic carbocycles. The molecular formula is C19H28N4. The average Bonchev–Trinajstić information content (AvgIpc) is 2.55. The van der Waals surface area contributed by atoms with E-state index in [9.17, 15) is 0 Å². The maximum Gasteiger partial charge on any atom is 0.229 e. The molecule has 0 aliphatic carbocycles. The summed E-state index contributed by atoms with van der Waals surface area (Å²) in [5, 5.41) is 3.38. The molecule has 23 heavy (non-hydrogen) atoms. The lowest BCUT2D eigenvalue weighted by molar-refractivity contribution is 0.733. The van der Waals surface area contributed by atoms with Crippen LogP contribution in [0.1, 0.15) is 52.0 Å². The van der Waals surface area contributed by atoms with Crippen molar-refractivity contribution < 1.29 is 0 Å². The molecule has 1 N–H and O–H groups in total. The van der Waals surface area contributed by atoms with Gasteiger partial charge in [0.2, 0.25) is 5.95 Å². The van der Waals surface area contributed by atoms with Crippen molar-refractivity contribution in [1.29, 1.82) is 0 Å². The van der Waals surface area contributed by atoms with Gasteiger partial charge >= 0.3 is 0 Å². The van der Waals surface area contributed by atoms with Crippen molar-refractivity contribution in [3.8, 4) is 0 Å². The number of rotatable bonds is 8. The highest BCUT2D eigenvalue weighted by molar-refractivity contribution is 5.60. The summed E-state index contributed by atoms with van der Waals surface area (Å²) in [4.78, 5) is 11.4. The van der Waals surface area contributed by atoms with Gasteiger partial charge in [0, 0.05) is 25.0 Å². The fourth-order valence-electron chi connectivity index (χ4n) is 2.70. The molecule has 124 valence electrons. The molecule has 0 aliphatic heterocycles. The molecule has 0 bridgehead atoms. The van der Waals surface area contributed by atoms with Gasteiger partial charge in [-0.2, -0.15) is 4.98 Å². The second-order valence-electron chi connectivity index (χ2n) is 6.09. The summed E-state index contributed by atoms with van der Waals surface area (Å²) in [6.45, 7) is 10.8. The van der Waals surface area contributed by atoms with Crippen LogP contribution in [0.4, 0.5) is 17.5 Å². The number of nitrogens with zero attached hydrogens (tertiary/aromatic N) is 3. The topological polar surface area (TPSA) is 41.1 Å². The summed E-state index contributed by atoms with van der Waals surface area (Å²) < 4.78 is 0. The first-order valence-corrected chi connectivity index (χ1v) is 8.59. The van der Waals surface area contributed by atoms with Crippen molar-refractivity contribution >= 4 is 17.5 Å². The Bertz CT molecular complexity index is 604. The number of benzene rings is 1. The van der Waals surface area contributed by atoms with Crippen molar-refractivity contribution in [1.82, 2.24) is 9.97 Å². The van der Waals surface area contributed by atoms with Crippen LogP contribution < -0.4 is 10.2 Å². The third kappa shape index (κ3) is 4.68. The van der Waals surface area contributed by atoms with Crippen molar-refractivity contribution in [3.05, 3.63) is 42.1 Å². The lowest BCUT2D eigenvalue weighted by atomic mass is 10.0. The van der Waals surface area contributed by atoms with Crippen molar-refractivity contribution in [2.75, 3.05) is 23.3 Å². The number of aromatic nitrogens is 2. The van der Waals surface area contributed by atoms with E-state index < -0.39 is 0 Å². The van der Waals surface area contributed by atoms with E-state index in [0.717, 1.165) is 37.4 Å². The Kier molecular flexibility index (Phi) is 6.39. The quantitative estimate of drug-likeness (QED) is 0.747. The van der Waals surface area contributed by atoms with E-state index in [0.29, 0.717) is 11.9 Å². The van der Waals surface area contributed by atoms with E-state index in [1.807, 2.05) is 18.3 Å². The minimum Gasteiger partial charge on any atom is -0.356 e. The minimum atomic E-state index is 0.457. The molecule has 0 radical (unpaired) electrons. The van der Waals surface area contributed by atoms with E-state index in [-0.39, 0.29) is 0 Å². The Morgan fingerprint density at radius 1 is 1.04 bits per heavy atom. The van der Waals surface area contributed by atoms with Crippen LogP contribution in [-0.4, -0.2) is 23.1 Å². The zero-order chi connectivity index (χ0) is 16.7. The summed E-state index contributed by atoms with van der Waals surface area (Å²) in [5.74, 6) is 2.11. The lowest BCUT2D eigenvalue weighted by Gasteiger charge is -2.23. The molecule has 2 rings (SSSR count). The molecule has 0 atom stereocenters. The predicted molar refractivity (Wildman–Crippen MR) is 98.6 cm³/mol. The Morgan fingerprint density at radius 3 is 2.39 bits per heavy atom. The van der Waals surface area contributed by atoms with Crippen LogP contribution >= 0.6 is 0 Å². The minimum absolute atomic E-state index is 0.457. The van der Waals surface area contributed by atoms with Crippen LogP contribution in [0.15, 0.2) is 36.5 Å². The number of anilines is 3. The number of para-hydroxylation sites is 1. The SMILES string of the molecule is CCCN(CCC)c1ccnc(Nc2ccccc2C(C)C)n1. The number of nitrogens with one attached hydrogen (secondary N) is 1. The maximum atomic E-state index is 4.71. The Morgan fingerprint density at radius 2 is 1.74 bits per heavy atom. The molecule has 1 aromatic heterocycles. The van der Waals surface area contributed by atoms with E-state index in [4.69, 9.17) is 4.98 Å². The molecule has 2 aromatic rings. The van der Waals surface area contributed by atoms with E-state index in [2.05, 4.69) is 61.1 Å². The molecule has 0 spiro atoms. The lowest BCUT2D eigenvalue weighted by Crippen LogP contribution is -2.26. The first-order chi connectivity index (χ1) is 11.2.